The molecule has 3 N–H and O–H groups in total. The monoisotopic (exact) mass is 423 g/mol. The molecule has 0 saturated heterocycles. The molecule has 0 radical (unpaired) electrons. The molecule has 1 aliphatic rings. The van der Waals surface area contributed by atoms with Crippen LogP contribution in [-0.4, -0.2) is 58.1 Å². The van der Waals surface area contributed by atoms with Crippen LogP contribution in [-0.2, 0) is 15.5 Å². The summed E-state index contributed by atoms with van der Waals surface area (Å²) < 4.78 is 17.9. The number of nitrogens with one attached hydrogen (secondary N) is 2. The summed E-state index contributed by atoms with van der Waals surface area (Å²) in [5, 5.41) is 17.3. The number of rotatable bonds is 10. The van der Waals surface area contributed by atoms with Crippen molar-refractivity contribution in [1.29, 1.82) is 0 Å². The van der Waals surface area contributed by atoms with Crippen LogP contribution < -0.4 is 10.6 Å². The molecule has 29 heavy (non-hydrogen) atoms. The van der Waals surface area contributed by atoms with Crippen molar-refractivity contribution in [3.8, 4) is 0 Å². The van der Waals surface area contributed by atoms with Gasteiger partial charge in [-0.1, -0.05) is 43.7 Å². The molecule has 0 amide bonds. The van der Waals surface area contributed by atoms with Gasteiger partial charge in [0.05, 0.1) is 25.4 Å². The Labute approximate surface area is 178 Å². The first-order chi connectivity index (χ1) is 14.0. The quantitative estimate of drug-likeness (QED) is 0.398. The van der Waals surface area contributed by atoms with Gasteiger partial charge in [0, 0.05) is 34.4 Å². The molecule has 2 rings (SSSR count). The zero-order valence-electron chi connectivity index (χ0n) is 18.0. The third kappa shape index (κ3) is 8.44. The molecule has 7 heteroatoms. The Balaban J connectivity index is 1.82. The Bertz CT molecular complexity index is 641. The number of nitrogens with zero attached hydrogens (tertiary/aromatic N) is 1. The normalized spacial score (nSPS) is 23.2. The van der Waals surface area contributed by atoms with Gasteiger partial charge in [-0.25, -0.2) is 0 Å². The molecule has 0 aliphatic heterocycles. The van der Waals surface area contributed by atoms with Gasteiger partial charge in [-0.3, -0.25) is 9.20 Å². The lowest BCUT2D eigenvalue weighted by Crippen LogP contribution is -2.47. The zero-order chi connectivity index (χ0) is 21.1. The lowest BCUT2D eigenvalue weighted by Gasteiger charge is -2.30. The molecule has 1 fully saturated rings. The van der Waals surface area contributed by atoms with E-state index in [1.807, 2.05) is 51.1 Å². The van der Waals surface area contributed by atoms with E-state index < -0.39 is 16.9 Å². The van der Waals surface area contributed by atoms with E-state index in [1.165, 1.54) is 0 Å². The molecular weight excluding hydrogens is 386 g/mol. The minimum atomic E-state index is -0.744. The summed E-state index contributed by atoms with van der Waals surface area (Å²) in [6, 6.07) is 10.3. The highest BCUT2D eigenvalue weighted by Gasteiger charge is 2.26. The van der Waals surface area contributed by atoms with E-state index >= 15 is 0 Å². The maximum atomic E-state index is 12.2. The number of guanidine groups is 1. The van der Waals surface area contributed by atoms with Crippen molar-refractivity contribution >= 4 is 16.8 Å². The van der Waals surface area contributed by atoms with Crippen LogP contribution in [0.2, 0.25) is 0 Å². The minimum Gasteiger partial charge on any atom is -0.389 e. The topological polar surface area (TPSA) is 83.0 Å². The molecule has 0 bridgehead atoms. The zero-order valence-corrected chi connectivity index (χ0v) is 18.8. The second kappa shape index (κ2) is 13.0. The van der Waals surface area contributed by atoms with Crippen LogP contribution >= 0.6 is 0 Å². The summed E-state index contributed by atoms with van der Waals surface area (Å²) in [4.78, 5) is 4.54. The lowest BCUT2D eigenvalue weighted by atomic mass is 9.95. The van der Waals surface area contributed by atoms with Crippen molar-refractivity contribution in [3.05, 3.63) is 35.9 Å². The first-order valence-electron chi connectivity index (χ1n) is 10.8. The number of aliphatic imine (C=N–C) groups is 1. The van der Waals surface area contributed by atoms with Gasteiger partial charge in [-0.2, -0.15) is 0 Å². The van der Waals surface area contributed by atoms with Crippen LogP contribution in [0.25, 0.3) is 0 Å². The van der Waals surface area contributed by atoms with Crippen molar-refractivity contribution in [2.24, 2.45) is 4.99 Å². The molecule has 0 aromatic heterocycles. The smallest absolute Gasteiger partial charge is 0.191 e. The second-order valence-corrected chi connectivity index (χ2v) is 9.56. The van der Waals surface area contributed by atoms with E-state index in [-0.39, 0.29) is 30.5 Å². The lowest BCUT2D eigenvalue weighted by molar-refractivity contribution is 0.00111. The number of hydrogen-bond acceptors (Lipinski definition) is 4. The predicted octanol–water partition coefficient (Wildman–Crippen LogP) is 2.76. The van der Waals surface area contributed by atoms with Gasteiger partial charge in [-0.05, 0) is 38.7 Å². The average Bonchev–Trinajstić information content (AvgIpc) is 2.76. The summed E-state index contributed by atoms with van der Waals surface area (Å²) in [6.45, 7) is 7.25. The van der Waals surface area contributed by atoms with Crippen molar-refractivity contribution < 1.29 is 14.1 Å². The molecule has 1 aromatic carbocycles. The number of benzene rings is 1. The van der Waals surface area contributed by atoms with Gasteiger partial charge < -0.3 is 20.5 Å². The van der Waals surface area contributed by atoms with E-state index in [0.717, 1.165) is 43.5 Å². The first-order valence-corrected chi connectivity index (χ1v) is 12.2. The molecule has 5 unspecified atom stereocenters. The van der Waals surface area contributed by atoms with E-state index in [1.54, 1.807) is 0 Å². The fourth-order valence-electron chi connectivity index (χ4n) is 3.59. The predicted molar refractivity (Wildman–Crippen MR) is 121 cm³/mol. The number of hydrogen-bond donors (Lipinski definition) is 3. The Morgan fingerprint density at radius 3 is 2.76 bits per heavy atom. The van der Waals surface area contributed by atoms with Crippen LogP contribution in [0.1, 0.15) is 58.1 Å². The highest BCUT2D eigenvalue weighted by Crippen LogP contribution is 2.23. The molecule has 164 valence electrons. The van der Waals surface area contributed by atoms with Gasteiger partial charge in [0.15, 0.2) is 5.96 Å². The summed E-state index contributed by atoms with van der Waals surface area (Å²) in [7, 11) is -0.744. The summed E-state index contributed by atoms with van der Waals surface area (Å²) in [5.41, 5.74) is 1.09. The molecule has 6 nitrogen and oxygen atoms in total. The second-order valence-electron chi connectivity index (χ2n) is 7.56. The van der Waals surface area contributed by atoms with Gasteiger partial charge >= 0.3 is 0 Å². The molecule has 0 spiro atoms. The largest absolute Gasteiger partial charge is 0.389 e. The van der Waals surface area contributed by atoms with Gasteiger partial charge in [0.1, 0.15) is 0 Å². The van der Waals surface area contributed by atoms with E-state index in [2.05, 4.69) is 15.6 Å². The molecule has 1 aliphatic carbocycles. The van der Waals surface area contributed by atoms with Crippen LogP contribution in [0.4, 0.5) is 0 Å². The van der Waals surface area contributed by atoms with Crippen molar-refractivity contribution in [3.63, 3.8) is 0 Å². The van der Waals surface area contributed by atoms with Gasteiger partial charge in [0.25, 0.3) is 0 Å². The highest BCUT2D eigenvalue weighted by molar-refractivity contribution is 7.85. The average molecular weight is 424 g/mol. The van der Waals surface area contributed by atoms with Gasteiger partial charge in [-0.15, -0.1) is 0 Å². The van der Waals surface area contributed by atoms with Crippen molar-refractivity contribution in [2.45, 2.75) is 70.0 Å². The number of aliphatic hydroxyl groups excluding tert-OH is 1. The Hall–Kier alpha value is -1.44. The fraction of sp³-hybridized carbons (Fsp3) is 0.682. The van der Waals surface area contributed by atoms with Crippen LogP contribution in [0.5, 0.6) is 0 Å². The molecule has 0 heterocycles. The molecule has 5 atom stereocenters. The third-order valence-corrected chi connectivity index (χ3v) is 6.98. The van der Waals surface area contributed by atoms with E-state index in [9.17, 15) is 9.32 Å². The first kappa shape index (κ1) is 23.8. The number of aliphatic hydroxyl groups is 1. The highest BCUT2D eigenvalue weighted by atomic mass is 32.2. The SMILES string of the molecule is CCNC(=NCC(O)COC(C)c1ccccc1)NC1CCCC(S(=O)CC)C1. The van der Waals surface area contributed by atoms with Crippen LogP contribution in [0.15, 0.2) is 35.3 Å². The maximum Gasteiger partial charge on any atom is 0.191 e. The Morgan fingerprint density at radius 1 is 1.31 bits per heavy atom. The third-order valence-electron chi connectivity index (χ3n) is 5.24. The van der Waals surface area contributed by atoms with E-state index in [0.29, 0.717) is 5.96 Å². The molecule has 1 aromatic rings. The molecule has 1 saturated carbocycles. The van der Waals surface area contributed by atoms with Crippen LogP contribution in [0, 0.1) is 0 Å². The van der Waals surface area contributed by atoms with Crippen molar-refractivity contribution in [1.82, 2.24) is 10.6 Å². The van der Waals surface area contributed by atoms with Crippen LogP contribution in [0.3, 0.4) is 0 Å². The molecular formula is C22H37N3O3S. The summed E-state index contributed by atoms with van der Waals surface area (Å²) in [5.74, 6) is 1.43. The fourth-order valence-corrected chi connectivity index (χ4v) is 4.94. The standard InChI is InChI=1S/C22H37N3O3S/c1-4-23-22(25-19-12-9-13-21(14-19)29(27)5-2)24-15-20(26)16-28-17(3)18-10-7-6-8-11-18/h6-8,10-11,17,19-21,26H,4-5,9,12-16H2,1-3H3,(H2,23,24,25). The van der Waals surface area contributed by atoms with Crippen molar-refractivity contribution in [2.75, 3.05) is 25.4 Å². The Kier molecular flexibility index (Phi) is 10.7. The van der Waals surface area contributed by atoms with E-state index in [4.69, 9.17) is 4.74 Å². The number of ether oxygens (including phenoxy) is 1. The minimum absolute atomic E-state index is 0.0696. The maximum absolute atomic E-state index is 12.2. The summed E-state index contributed by atoms with van der Waals surface area (Å²) >= 11 is 0. The summed E-state index contributed by atoms with van der Waals surface area (Å²) in [6.07, 6.45) is 3.36. The Morgan fingerprint density at radius 2 is 2.07 bits per heavy atom. The van der Waals surface area contributed by atoms with Gasteiger partial charge in [0.2, 0.25) is 0 Å².